The van der Waals surface area contributed by atoms with Gasteiger partial charge in [0, 0.05) is 56.3 Å². The highest BCUT2D eigenvalue weighted by molar-refractivity contribution is 7.01. The van der Waals surface area contributed by atoms with Crippen LogP contribution in [0.1, 0.15) is 96.4 Å². The normalized spacial score (nSPS) is 21.1. The van der Waals surface area contributed by atoms with Gasteiger partial charge in [0.1, 0.15) is 0 Å². The topological polar surface area (TPSA) is 9.72 Å². The van der Waals surface area contributed by atoms with Gasteiger partial charge in [-0.25, -0.2) is 0 Å². The fraction of sp³-hybridized carbons (Fsp3) is 0.254. The van der Waals surface area contributed by atoms with Crippen LogP contribution in [0, 0.1) is 0 Å². The zero-order valence-corrected chi connectivity index (χ0v) is 37.7. The van der Waals surface area contributed by atoms with E-state index in [0.717, 1.165) is 6.42 Å². The van der Waals surface area contributed by atoms with Gasteiger partial charge in [0.25, 0.3) is 6.71 Å². The number of benzene rings is 8. The molecular weight excluding hydrogens is 761 g/mol. The second kappa shape index (κ2) is 12.5. The smallest absolute Gasteiger partial charge is 0.252 e. The van der Waals surface area contributed by atoms with Crippen LogP contribution in [-0.4, -0.2) is 12.3 Å². The van der Waals surface area contributed by atoms with Gasteiger partial charge in [-0.1, -0.05) is 151 Å². The van der Waals surface area contributed by atoms with E-state index in [2.05, 4.69) is 215 Å². The highest BCUT2D eigenvalue weighted by Gasteiger charge is 2.59. The second-order valence-electron chi connectivity index (χ2n) is 21.3. The molecule has 2 unspecified atom stereocenters. The average molecular weight is 816 g/mol. The lowest BCUT2D eigenvalue weighted by Crippen LogP contribution is -2.67. The van der Waals surface area contributed by atoms with Crippen LogP contribution in [0.3, 0.4) is 0 Å². The number of fused-ring (bicyclic) bond motifs is 5. The number of anilines is 8. The number of hydrogen-bond acceptors (Lipinski definition) is 3. The molecule has 4 aliphatic heterocycles. The molecule has 5 aliphatic rings. The van der Waals surface area contributed by atoms with Gasteiger partial charge in [-0.3, -0.25) is 0 Å². The zero-order chi connectivity index (χ0) is 42.8. The lowest BCUT2D eigenvalue weighted by Gasteiger charge is -2.52. The SMILES string of the molecule is CC(C)(C)c1ccc2c(c1)C1(C)CCCCC1(C)N2c1cc2c3c(c1)N(c1ccc4ccccc4c1)c1cccc4c1B3c1c(cccc1C4(C)C)N2c1ccc2ccccc2c1. The van der Waals surface area contributed by atoms with Crippen molar-refractivity contribution >= 4 is 90.1 Å². The Labute approximate surface area is 373 Å². The van der Waals surface area contributed by atoms with Crippen molar-refractivity contribution in [3.8, 4) is 0 Å². The molecule has 0 saturated heterocycles. The van der Waals surface area contributed by atoms with Gasteiger partial charge in [-0.15, -0.1) is 0 Å². The maximum absolute atomic E-state index is 2.81. The van der Waals surface area contributed by atoms with E-state index in [0.29, 0.717) is 0 Å². The summed E-state index contributed by atoms with van der Waals surface area (Å²) < 4.78 is 0. The van der Waals surface area contributed by atoms with Gasteiger partial charge in [0.15, 0.2) is 0 Å². The third-order valence-corrected chi connectivity index (χ3v) is 16.7. The van der Waals surface area contributed by atoms with Gasteiger partial charge in [0.05, 0.1) is 5.54 Å². The van der Waals surface area contributed by atoms with Gasteiger partial charge in [0.2, 0.25) is 0 Å². The molecule has 0 radical (unpaired) electrons. The highest BCUT2D eigenvalue weighted by Crippen LogP contribution is 2.62. The molecule has 8 aromatic rings. The molecule has 308 valence electrons. The molecule has 0 bridgehead atoms. The zero-order valence-electron chi connectivity index (χ0n) is 37.7. The third kappa shape index (κ3) is 4.82. The molecule has 63 heavy (non-hydrogen) atoms. The lowest BCUT2D eigenvalue weighted by atomic mass is 9.28. The largest absolute Gasteiger partial charge is 0.334 e. The Morgan fingerprint density at radius 2 is 0.984 bits per heavy atom. The van der Waals surface area contributed by atoms with Crippen molar-refractivity contribution in [2.75, 3.05) is 14.7 Å². The molecule has 0 aromatic heterocycles. The van der Waals surface area contributed by atoms with Crippen molar-refractivity contribution in [3.63, 3.8) is 0 Å². The van der Waals surface area contributed by atoms with Crippen molar-refractivity contribution in [3.05, 3.63) is 174 Å². The van der Waals surface area contributed by atoms with Crippen LogP contribution in [0.4, 0.5) is 45.5 Å². The van der Waals surface area contributed by atoms with Crippen molar-refractivity contribution in [1.29, 1.82) is 0 Å². The fourth-order valence-electron chi connectivity index (χ4n) is 13.2. The molecule has 3 nitrogen and oxygen atoms in total. The first-order valence-corrected chi connectivity index (χ1v) is 23.3. The summed E-state index contributed by atoms with van der Waals surface area (Å²) in [5.74, 6) is 0. The first kappa shape index (κ1) is 37.3. The van der Waals surface area contributed by atoms with Crippen molar-refractivity contribution in [2.45, 2.75) is 95.9 Å². The Balaban J connectivity index is 1.16. The first-order chi connectivity index (χ1) is 30.4. The Morgan fingerprint density at radius 1 is 0.444 bits per heavy atom. The average Bonchev–Trinajstić information content (AvgIpc) is 3.49. The first-order valence-electron chi connectivity index (χ1n) is 23.3. The van der Waals surface area contributed by atoms with E-state index >= 15 is 0 Å². The van der Waals surface area contributed by atoms with Gasteiger partial charge in [-0.2, -0.15) is 0 Å². The predicted octanol–water partition coefficient (Wildman–Crippen LogP) is 13.8. The minimum Gasteiger partial charge on any atom is -0.334 e. The summed E-state index contributed by atoms with van der Waals surface area (Å²) in [6.07, 6.45) is 4.83. The molecule has 13 rings (SSSR count). The quantitative estimate of drug-likeness (QED) is 0.165. The molecule has 1 saturated carbocycles. The van der Waals surface area contributed by atoms with Crippen molar-refractivity contribution in [1.82, 2.24) is 0 Å². The van der Waals surface area contributed by atoms with Crippen LogP contribution < -0.4 is 31.1 Å². The number of hydrogen-bond donors (Lipinski definition) is 0. The molecule has 8 aromatic carbocycles. The van der Waals surface area contributed by atoms with Crippen LogP contribution in [0.15, 0.2) is 152 Å². The fourth-order valence-corrected chi connectivity index (χ4v) is 13.2. The molecule has 0 N–H and O–H groups in total. The van der Waals surface area contributed by atoms with E-state index in [-0.39, 0.29) is 28.5 Å². The van der Waals surface area contributed by atoms with Crippen LogP contribution in [-0.2, 0) is 16.2 Å². The molecular formula is C59H54BN3. The number of rotatable bonds is 3. The maximum Gasteiger partial charge on any atom is 0.252 e. The standard InChI is InChI=1S/C59H54BN3/c1-56(2,3)41-26-29-48-47(34-41)58(6)30-12-13-31-59(58,7)63(48)44-35-51-55-52(36-44)62(43-28-25-38-17-9-11-19-40(38)33-43)50-23-15-21-46-54(50)60(55)53-45(57(46,4)5)20-14-22-49(53)61(51)42-27-24-37-16-8-10-18-39(37)32-42/h8-11,14-29,32-36H,12-13,30-31H2,1-7H3. The number of nitrogens with zero attached hydrogens (tertiary/aromatic N) is 3. The molecule has 0 amide bonds. The monoisotopic (exact) mass is 815 g/mol. The molecule has 1 fully saturated rings. The molecule has 4 heterocycles. The Bertz CT molecular complexity index is 3120. The summed E-state index contributed by atoms with van der Waals surface area (Å²) in [6.45, 7) is 17.2. The summed E-state index contributed by atoms with van der Waals surface area (Å²) in [4.78, 5) is 8.09. The summed E-state index contributed by atoms with van der Waals surface area (Å²) in [5.41, 5.74) is 20.0. The van der Waals surface area contributed by atoms with Gasteiger partial charge < -0.3 is 14.7 Å². The van der Waals surface area contributed by atoms with Crippen LogP contribution in [0.5, 0.6) is 0 Å². The van der Waals surface area contributed by atoms with E-state index in [9.17, 15) is 0 Å². The highest BCUT2D eigenvalue weighted by atomic mass is 15.3. The van der Waals surface area contributed by atoms with E-state index < -0.39 is 0 Å². The second-order valence-corrected chi connectivity index (χ2v) is 21.3. The van der Waals surface area contributed by atoms with Crippen molar-refractivity contribution < 1.29 is 0 Å². The van der Waals surface area contributed by atoms with E-state index in [1.807, 2.05) is 0 Å². The minimum atomic E-state index is -0.197. The van der Waals surface area contributed by atoms with E-state index in [1.165, 1.54) is 125 Å². The molecule has 2 atom stereocenters. The Hall–Kier alpha value is -6.26. The molecule has 4 heteroatoms. The van der Waals surface area contributed by atoms with Gasteiger partial charge in [-0.05, 0) is 140 Å². The Kier molecular flexibility index (Phi) is 7.39. The van der Waals surface area contributed by atoms with Crippen molar-refractivity contribution in [2.24, 2.45) is 0 Å². The third-order valence-electron chi connectivity index (χ3n) is 16.7. The Morgan fingerprint density at radius 3 is 1.54 bits per heavy atom. The molecule has 1 aliphatic carbocycles. The van der Waals surface area contributed by atoms with Gasteiger partial charge >= 0.3 is 0 Å². The summed E-state index contributed by atoms with van der Waals surface area (Å²) >= 11 is 0. The predicted molar refractivity (Wildman–Crippen MR) is 269 cm³/mol. The summed E-state index contributed by atoms with van der Waals surface area (Å²) in [6, 6.07) is 58.8. The van der Waals surface area contributed by atoms with E-state index in [4.69, 9.17) is 0 Å². The lowest BCUT2D eigenvalue weighted by molar-refractivity contribution is 0.195. The summed E-state index contributed by atoms with van der Waals surface area (Å²) in [5, 5.41) is 5.03. The maximum atomic E-state index is 2.81. The summed E-state index contributed by atoms with van der Waals surface area (Å²) in [7, 11) is 0. The van der Waals surface area contributed by atoms with E-state index in [1.54, 1.807) is 0 Å². The van der Waals surface area contributed by atoms with Crippen LogP contribution >= 0.6 is 0 Å². The minimum absolute atomic E-state index is 0.00297. The van der Waals surface area contributed by atoms with Crippen LogP contribution in [0.25, 0.3) is 21.5 Å². The molecule has 0 spiro atoms. The van der Waals surface area contributed by atoms with Crippen LogP contribution in [0.2, 0.25) is 0 Å².